The van der Waals surface area contributed by atoms with E-state index in [-0.39, 0.29) is 6.42 Å². The highest BCUT2D eigenvalue weighted by molar-refractivity contribution is 7.98. The molecule has 0 aromatic heterocycles. The maximum Gasteiger partial charge on any atom is 0.413 e. The second-order valence-corrected chi connectivity index (χ2v) is 4.31. The number of carboxylic acids is 1. The van der Waals surface area contributed by atoms with E-state index in [1.165, 1.54) is 11.8 Å². The van der Waals surface area contributed by atoms with Crippen molar-refractivity contribution in [1.82, 2.24) is 5.48 Å². The van der Waals surface area contributed by atoms with E-state index >= 15 is 0 Å². The number of nitrogens with one attached hydrogen (secondary N) is 1. The molecular formula is C5H11NO6S2. The molecule has 84 valence electrons. The van der Waals surface area contributed by atoms with Crippen molar-refractivity contribution < 1.29 is 27.2 Å². The summed E-state index contributed by atoms with van der Waals surface area (Å²) < 4.78 is 32.1. The molecule has 0 bridgehead atoms. The zero-order valence-corrected chi connectivity index (χ0v) is 8.97. The van der Waals surface area contributed by atoms with Crippen LogP contribution in [0.3, 0.4) is 0 Å². The number of aliphatic carboxylic acids is 1. The Labute approximate surface area is 85.7 Å². The predicted octanol–water partition coefficient (Wildman–Crippen LogP) is -0.483. The van der Waals surface area contributed by atoms with Crippen LogP contribution in [0.15, 0.2) is 0 Å². The van der Waals surface area contributed by atoms with E-state index in [9.17, 15) is 13.2 Å². The van der Waals surface area contributed by atoms with Gasteiger partial charge in [-0.1, -0.05) is 0 Å². The van der Waals surface area contributed by atoms with Gasteiger partial charge in [0.25, 0.3) is 0 Å². The monoisotopic (exact) mass is 245 g/mol. The molecule has 7 nitrogen and oxygen atoms in total. The third-order valence-electron chi connectivity index (χ3n) is 1.20. The predicted molar refractivity (Wildman–Crippen MR) is 50.2 cm³/mol. The second-order valence-electron chi connectivity index (χ2n) is 2.30. The van der Waals surface area contributed by atoms with Crippen LogP contribution in [0.2, 0.25) is 0 Å². The SMILES string of the molecule is CSCCC(NOS(=O)(=O)O)C(=O)O. The lowest BCUT2D eigenvalue weighted by Crippen LogP contribution is -2.38. The summed E-state index contributed by atoms with van der Waals surface area (Å²) in [5.74, 6) is -0.721. The molecular weight excluding hydrogens is 234 g/mol. The fourth-order valence-corrected chi connectivity index (χ4v) is 1.30. The van der Waals surface area contributed by atoms with Crippen LogP contribution in [0, 0.1) is 0 Å². The van der Waals surface area contributed by atoms with Crippen LogP contribution in [0.5, 0.6) is 0 Å². The quantitative estimate of drug-likeness (QED) is 0.407. The van der Waals surface area contributed by atoms with Crippen molar-refractivity contribution >= 4 is 28.1 Å². The number of carbonyl (C=O) groups is 1. The molecule has 1 unspecified atom stereocenters. The van der Waals surface area contributed by atoms with E-state index in [2.05, 4.69) is 4.28 Å². The fourth-order valence-electron chi connectivity index (χ4n) is 0.587. The Morgan fingerprint density at radius 1 is 1.64 bits per heavy atom. The van der Waals surface area contributed by atoms with E-state index in [0.717, 1.165) is 0 Å². The van der Waals surface area contributed by atoms with E-state index in [1.807, 2.05) is 0 Å². The summed E-state index contributed by atoms with van der Waals surface area (Å²) in [4.78, 5) is 10.5. The second kappa shape index (κ2) is 6.19. The Hall–Kier alpha value is -0.350. The van der Waals surface area contributed by atoms with Crippen molar-refractivity contribution in [2.45, 2.75) is 12.5 Å². The van der Waals surface area contributed by atoms with Crippen LogP contribution in [0.4, 0.5) is 0 Å². The molecule has 1 atom stereocenters. The summed E-state index contributed by atoms with van der Waals surface area (Å²) in [5, 5.41) is 8.57. The first kappa shape index (κ1) is 13.7. The average Bonchev–Trinajstić information content (AvgIpc) is 2.01. The van der Waals surface area contributed by atoms with Crippen molar-refractivity contribution in [3.63, 3.8) is 0 Å². The average molecular weight is 245 g/mol. The smallest absolute Gasteiger partial charge is 0.413 e. The Balaban J connectivity index is 4.04. The number of hydroxylamine groups is 1. The van der Waals surface area contributed by atoms with Gasteiger partial charge in [0.2, 0.25) is 0 Å². The number of carboxylic acid groups (broad SMARTS) is 1. The van der Waals surface area contributed by atoms with E-state index in [1.54, 1.807) is 11.7 Å². The number of rotatable bonds is 7. The lowest BCUT2D eigenvalue weighted by Gasteiger charge is -2.11. The summed E-state index contributed by atoms with van der Waals surface area (Å²) in [7, 11) is -4.66. The molecule has 0 rings (SSSR count). The molecule has 0 saturated carbocycles. The molecule has 0 spiro atoms. The van der Waals surface area contributed by atoms with Gasteiger partial charge in [-0.25, -0.2) is 0 Å². The minimum Gasteiger partial charge on any atom is -0.480 e. The van der Waals surface area contributed by atoms with Gasteiger partial charge >= 0.3 is 16.4 Å². The van der Waals surface area contributed by atoms with Crippen LogP contribution < -0.4 is 5.48 Å². The van der Waals surface area contributed by atoms with Crippen molar-refractivity contribution in [1.29, 1.82) is 0 Å². The van der Waals surface area contributed by atoms with Crippen molar-refractivity contribution in [3.05, 3.63) is 0 Å². The summed E-state index contributed by atoms with van der Waals surface area (Å²) in [6.45, 7) is 0. The van der Waals surface area contributed by atoms with Gasteiger partial charge in [-0.15, -0.1) is 0 Å². The fraction of sp³-hybridized carbons (Fsp3) is 0.800. The molecule has 0 aliphatic carbocycles. The van der Waals surface area contributed by atoms with Gasteiger partial charge in [0.15, 0.2) is 0 Å². The first-order chi connectivity index (χ1) is 6.37. The number of hydrogen-bond donors (Lipinski definition) is 3. The Morgan fingerprint density at radius 3 is 2.57 bits per heavy atom. The molecule has 0 aliphatic heterocycles. The highest BCUT2D eigenvalue weighted by atomic mass is 32.3. The van der Waals surface area contributed by atoms with Gasteiger partial charge in [-0.3, -0.25) is 9.35 Å². The van der Waals surface area contributed by atoms with E-state index in [0.29, 0.717) is 5.75 Å². The molecule has 0 fully saturated rings. The molecule has 0 aliphatic rings. The number of hydrogen-bond acceptors (Lipinski definition) is 6. The van der Waals surface area contributed by atoms with Crippen molar-refractivity contribution in [2.24, 2.45) is 0 Å². The molecule has 0 aromatic rings. The molecule has 0 radical (unpaired) electrons. The number of thioether (sulfide) groups is 1. The van der Waals surface area contributed by atoms with Crippen LogP contribution >= 0.6 is 11.8 Å². The normalized spacial score (nSPS) is 13.9. The maximum absolute atomic E-state index is 10.5. The summed E-state index contributed by atoms with van der Waals surface area (Å²) in [6, 6.07) is -1.16. The molecule has 0 saturated heterocycles. The lowest BCUT2D eigenvalue weighted by atomic mass is 10.2. The first-order valence-electron chi connectivity index (χ1n) is 3.50. The molecule has 9 heteroatoms. The van der Waals surface area contributed by atoms with E-state index in [4.69, 9.17) is 9.66 Å². The first-order valence-corrected chi connectivity index (χ1v) is 6.26. The van der Waals surface area contributed by atoms with Crippen molar-refractivity contribution in [2.75, 3.05) is 12.0 Å². The van der Waals surface area contributed by atoms with Crippen LogP contribution in [0.25, 0.3) is 0 Å². The third-order valence-corrected chi connectivity index (χ3v) is 2.16. The Morgan fingerprint density at radius 2 is 2.21 bits per heavy atom. The van der Waals surface area contributed by atoms with Gasteiger partial charge in [0.05, 0.1) is 0 Å². The summed E-state index contributed by atoms with van der Waals surface area (Å²) in [5.41, 5.74) is 1.74. The van der Waals surface area contributed by atoms with Gasteiger partial charge < -0.3 is 5.11 Å². The van der Waals surface area contributed by atoms with Crippen LogP contribution in [-0.4, -0.2) is 42.1 Å². The summed E-state index contributed by atoms with van der Waals surface area (Å²) in [6.07, 6.45) is 1.97. The maximum atomic E-state index is 10.5. The molecule has 0 amide bonds. The van der Waals surface area contributed by atoms with Gasteiger partial charge in [-0.05, 0) is 18.4 Å². The van der Waals surface area contributed by atoms with Crippen molar-refractivity contribution in [3.8, 4) is 0 Å². The van der Waals surface area contributed by atoms with E-state index < -0.39 is 22.4 Å². The zero-order valence-electron chi connectivity index (χ0n) is 7.34. The minimum atomic E-state index is -4.66. The minimum absolute atomic E-state index is 0.187. The molecule has 0 heterocycles. The third kappa shape index (κ3) is 7.09. The van der Waals surface area contributed by atoms with Gasteiger partial charge in [0.1, 0.15) is 6.04 Å². The highest BCUT2D eigenvalue weighted by Gasteiger charge is 2.19. The Kier molecular flexibility index (Phi) is 6.04. The summed E-state index contributed by atoms with van der Waals surface area (Å²) >= 11 is 1.41. The molecule has 3 N–H and O–H groups in total. The highest BCUT2D eigenvalue weighted by Crippen LogP contribution is 2.01. The van der Waals surface area contributed by atoms with Gasteiger partial charge in [-0.2, -0.15) is 29.9 Å². The zero-order chi connectivity index (χ0) is 11.2. The standard InChI is InChI=1S/C5H11NO6S2/c1-13-3-2-4(5(7)8)6-12-14(9,10)11/h4,6H,2-3H2,1H3,(H,7,8)(H,9,10,11). The molecule has 14 heavy (non-hydrogen) atoms. The molecule has 0 aromatic carbocycles. The largest absolute Gasteiger partial charge is 0.480 e. The van der Waals surface area contributed by atoms with Crippen LogP contribution in [0.1, 0.15) is 6.42 Å². The Bertz CT molecular complexity index is 276. The topological polar surface area (TPSA) is 113 Å². The van der Waals surface area contributed by atoms with Crippen LogP contribution in [-0.2, 0) is 19.5 Å². The lowest BCUT2D eigenvalue weighted by molar-refractivity contribution is -0.141. The van der Waals surface area contributed by atoms with Gasteiger partial charge in [0, 0.05) is 0 Å².